The van der Waals surface area contributed by atoms with Crippen LogP contribution in [0.1, 0.15) is 63.4 Å². The number of hydrogen-bond acceptors (Lipinski definition) is 7. The van der Waals surface area contributed by atoms with E-state index in [1.165, 1.54) is 54.8 Å². The van der Waals surface area contributed by atoms with Gasteiger partial charge >= 0.3 is 0 Å². The minimum absolute atomic E-state index is 0.0829. The number of nitrogens with two attached hydrogens (primary N) is 1. The van der Waals surface area contributed by atoms with Gasteiger partial charge in [-0.3, -0.25) is 14.5 Å². The summed E-state index contributed by atoms with van der Waals surface area (Å²) < 4.78 is 5.67. The van der Waals surface area contributed by atoms with Gasteiger partial charge < -0.3 is 20.3 Å². The Bertz CT molecular complexity index is 1410. The van der Waals surface area contributed by atoms with Gasteiger partial charge in [0, 0.05) is 50.3 Å². The maximum atomic E-state index is 12.3. The maximum Gasteiger partial charge on any atom is 0.229 e. The van der Waals surface area contributed by atoms with E-state index in [0.717, 1.165) is 60.5 Å². The summed E-state index contributed by atoms with van der Waals surface area (Å²) in [6.07, 6.45) is 11.1. The van der Waals surface area contributed by atoms with Crippen molar-refractivity contribution in [1.29, 1.82) is 0 Å². The van der Waals surface area contributed by atoms with Gasteiger partial charge in [-0.2, -0.15) is 0 Å². The molecule has 0 radical (unpaired) electrons. The number of anilines is 3. The zero-order valence-corrected chi connectivity index (χ0v) is 25.9. The van der Waals surface area contributed by atoms with Crippen molar-refractivity contribution in [1.82, 2.24) is 9.88 Å². The molecule has 0 aliphatic carbocycles. The van der Waals surface area contributed by atoms with E-state index in [1.807, 2.05) is 30.5 Å². The summed E-state index contributed by atoms with van der Waals surface area (Å²) in [7, 11) is 1.68. The molecule has 1 aromatic heterocycles. The van der Waals surface area contributed by atoms with Crippen LogP contribution in [0, 0.1) is 11.8 Å². The fraction of sp³-hybridized carbons (Fsp3) is 0.472. The van der Waals surface area contributed by atoms with Crippen molar-refractivity contribution in [2.75, 3.05) is 48.8 Å². The molecule has 0 unspecified atom stereocenters. The predicted octanol–water partition coefficient (Wildman–Crippen LogP) is 6.29. The van der Waals surface area contributed by atoms with Crippen molar-refractivity contribution in [3.8, 4) is 16.9 Å². The molecule has 8 heteroatoms. The highest BCUT2D eigenvalue weighted by atomic mass is 16.5. The highest BCUT2D eigenvalue weighted by molar-refractivity contribution is 5.97. The highest BCUT2D eigenvalue weighted by Gasteiger charge is 2.27. The molecule has 0 atom stereocenters. The van der Waals surface area contributed by atoms with E-state index in [2.05, 4.69) is 45.1 Å². The van der Waals surface area contributed by atoms with E-state index in [1.54, 1.807) is 7.11 Å². The molecule has 3 aromatic rings. The Morgan fingerprint density at radius 3 is 1.95 bits per heavy atom. The molecule has 2 aromatic carbocycles. The Morgan fingerprint density at radius 1 is 0.795 bits per heavy atom. The third-order valence-corrected chi connectivity index (χ3v) is 9.88. The normalized spacial score (nSPS) is 18.6. The van der Waals surface area contributed by atoms with Gasteiger partial charge in [0.25, 0.3) is 0 Å². The zero-order chi connectivity index (χ0) is 30.5. The number of likely N-dealkylation sites (tertiary alicyclic amines) is 1. The van der Waals surface area contributed by atoms with Crippen molar-refractivity contribution in [2.24, 2.45) is 11.8 Å². The number of benzene rings is 2. The maximum absolute atomic E-state index is 12.3. The first-order valence-electron chi connectivity index (χ1n) is 16.3. The molecule has 0 spiro atoms. The molecule has 0 saturated carbocycles. The molecule has 3 saturated heterocycles. The topological polar surface area (TPSA) is 92.0 Å². The molecular weight excluding hydrogens is 550 g/mol. The lowest BCUT2D eigenvalue weighted by Crippen LogP contribution is -2.39. The van der Waals surface area contributed by atoms with Crippen LogP contribution in [0.3, 0.4) is 0 Å². The second-order valence-corrected chi connectivity index (χ2v) is 12.7. The van der Waals surface area contributed by atoms with Gasteiger partial charge in [0.05, 0.1) is 25.5 Å². The number of amides is 2. The van der Waals surface area contributed by atoms with Crippen molar-refractivity contribution in [3.05, 3.63) is 66.4 Å². The first-order chi connectivity index (χ1) is 21.5. The van der Waals surface area contributed by atoms with Crippen LogP contribution in [-0.4, -0.2) is 55.0 Å². The predicted molar refractivity (Wildman–Crippen MR) is 176 cm³/mol. The number of rotatable bonds is 9. The Morgan fingerprint density at radius 2 is 1.39 bits per heavy atom. The Balaban J connectivity index is 0.991. The molecule has 3 aliphatic rings. The largest absolute Gasteiger partial charge is 0.496 e. The molecule has 2 amide bonds. The van der Waals surface area contributed by atoms with Crippen LogP contribution in [0.25, 0.3) is 11.1 Å². The van der Waals surface area contributed by atoms with Gasteiger partial charge in [-0.1, -0.05) is 31.0 Å². The molecular formula is C36H45N5O3. The molecule has 232 valence electrons. The molecule has 0 bridgehead atoms. The van der Waals surface area contributed by atoms with E-state index in [0.29, 0.717) is 31.6 Å². The third kappa shape index (κ3) is 7.01. The summed E-state index contributed by atoms with van der Waals surface area (Å²) >= 11 is 0. The van der Waals surface area contributed by atoms with Crippen LogP contribution in [0.2, 0.25) is 0 Å². The number of pyridine rings is 1. The monoisotopic (exact) mass is 595 g/mol. The van der Waals surface area contributed by atoms with Crippen molar-refractivity contribution in [3.63, 3.8) is 0 Å². The van der Waals surface area contributed by atoms with Gasteiger partial charge in [-0.05, 0) is 91.5 Å². The summed E-state index contributed by atoms with van der Waals surface area (Å²) in [4.78, 5) is 35.3. The second-order valence-electron chi connectivity index (χ2n) is 12.7. The third-order valence-electron chi connectivity index (χ3n) is 9.88. The number of carbonyl (C=O) groups is 2. The van der Waals surface area contributed by atoms with Crippen LogP contribution < -0.4 is 20.3 Å². The summed E-state index contributed by atoms with van der Waals surface area (Å²) in [5.41, 5.74) is 11.2. The lowest BCUT2D eigenvalue weighted by molar-refractivity contribution is -0.148. The van der Waals surface area contributed by atoms with E-state index < -0.39 is 0 Å². The Hall–Kier alpha value is -4.07. The average Bonchev–Trinajstić information content (AvgIpc) is 3.06. The molecule has 6 rings (SSSR count). The summed E-state index contributed by atoms with van der Waals surface area (Å²) in [5.74, 6) is 2.84. The van der Waals surface area contributed by atoms with Gasteiger partial charge in [0.1, 0.15) is 11.6 Å². The summed E-state index contributed by atoms with van der Waals surface area (Å²) in [6, 6.07) is 18.6. The molecule has 44 heavy (non-hydrogen) atoms. The van der Waals surface area contributed by atoms with Crippen LogP contribution in [0.5, 0.6) is 5.75 Å². The number of ether oxygens (including phenoxy) is 1. The van der Waals surface area contributed by atoms with Crippen LogP contribution in [0.15, 0.2) is 60.8 Å². The highest BCUT2D eigenvalue weighted by Crippen LogP contribution is 2.35. The Kier molecular flexibility index (Phi) is 9.34. The molecule has 3 aliphatic heterocycles. The minimum Gasteiger partial charge on any atom is -0.496 e. The lowest BCUT2D eigenvalue weighted by atomic mass is 9.85. The SMILES string of the molecule is COc1ccc(CN2C(=O)CCCC2=O)cc1-c1ccc(N2CCC(CCC3CCN(c4ccc(N)nc4)CC3)CC2)cc1. The zero-order valence-electron chi connectivity index (χ0n) is 25.9. The van der Waals surface area contributed by atoms with Gasteiger partial charge in [0.15, 0.2) is 0 Å². The number of piperidine rings is 3. The number of methoxy groups -OCH3 is 1. The van der Waals surface area contributed by atoms with Crippen LogP contribution >= 0.6 is 0 Å². The smallest absolute Gasteiger partial charge is 0.229 e. The number of nitrogens with zero attached hydrogens (tertiary/aromatic N) is 4. The van der Waals surface area contributed by atoms with E-state index in [-0.39, 0.29) is 11.8 Å². The number of imide groups is 1. The van der Waals surface area contributed by atoms with Gasteiger partial charge in [-0.25, -0.2) is 4.98 Å². The minimum atomic E-state index is -0.0829. The number of carbonyl (C=O) groups excluding carboxylic acids is 2. The quantitative estimate of drug-likeness (QED) is 0.291. The van der Waals surface area contributed by atoms with E-state index in [9.17, 15) is 9.59 Å². The van der Waals surface area contributed by atoms with Gasteiger partial charge in [0.2, 0.25) is 11.8 Å². The van der Waals surface area contributed by atoms with Crippen LogP contribution in [0.4, 0.5) is 17.2 Å². The van der Waals surface area contributed by atoms with Gasteiger partial charge in [-0.15, -0.1) is 0 Å². The lowest BCUT2D eigenvalue weighted by Gasteiger charge is -2.36. The van der Waals surface area contributed by atoms with E-state index in [4.69, 9.17) is 10.5 Å². The molecule has 2 N–H and O–H groups in total. The standard InChI is InChI=1S/C36H45N5O3/c1-44-33-13-7-28(25-41-35(42)3-2-4-36(41)43)23-32(33)29-8-10-30(11-9-29)39-19-15-26(16-20-39)5-6-27-17-21-40(22-18-27)31-12-14-34(37)38-24-31/h7-14,23-24,26-27H,2-6,15-22,25H2,1H3,(H2,37,38). The molecule has 4 heterocycles. The van der Waals surface area contributed by atoms with Crippen molar-refractivity contribution >= 4 is 29.0 Å². The second kappa shape index (κ2) is 13.7. The first-order valence-corrected chi connectivity index (χ1v) is 16.3. The van der Waals surface area contributed by atoms with Crippen LogP contribution in [-0.2, 0) is 16.1 Å². The first kappa shape index (κ1) is 30.0. The molecule has 8 nitrogen and oxygen atoms in total. The summed E-state index contributed by atoms with van der Waals surface area (Å²) in [6.45, 7) is 4.73. The van der Waals surface area contributed by atoms with Crippen molar-refractivity contribution in [2.45, 2.75) is 64.3 Å². The number of aromatic nitrogens is 1. The van der Waals surface area contributed by atoms with E-state index >= 15 is 0 Å². The fourth-order valence-corrected chi connectivity index (χ4v) is 7.11. The average molecular weight is 596 g/mol. The fourth-order valence-electron chi connectivity index (χ4n) is 7.11. The molecule has 3 fully saturated rings. The number of hydrogen-bond donors (Lipinski definition) is 1. The Labute approximate surface area is 261 Å². The van der Waals surface area contributed by atoms with Crippen molar-refractivity contribution < 1.29 is 14.3 Å². The summed E-state index contributed by atoms with van der Waals surface area (Å²) in [5, 5.41) is 0. The number of nitrogen functional groups attached to an aromatic ring is 1.